The van der Waals surface area contributed by atoms with E-state index in [4.69, 9.17) is 0 Å². The van der Waals surface area contributed by atoms with Crippen LogP contribution in [0.3, 0.4) is 0 Å². The topological polar surface area (TPSA) is 152 Å². The SMILES string of the molecule is CCCc1cc(C(=O)NC(CC(=O)O)Cc2ccccc2F)nn1Cc1ccc(-c2ccccc2-c2nnn[nH]2)nc1. The monoisotopic (exact) mass is 568 g/mol. The third-order valence-corrected chi connectivity index (χ3v) is 6.74. The number of H-pyrrole nitrogens is 1. The van der Waals surface area contributed by atoms with Crippen molar-refractivity contribution in [1.82, 2.24) is 40.7 Å². The second kappa shape index (κ2) is 12.9. The lowest BCUT2D eigenvalue weighted by Crippen LogP contribution is -2.38. The summed E-state index contributed by atoms with van der Waals surface area (Å²) < 4.78 is 16.0. The van der Waals surface area contributed by atoms with Crippen molar-refractivity contribution in [2.75, 3.05) is 0 Å². The van der Waals surface area contributed by atoms with E-state index in [2.05, 4.69) is 36.0 Å². The van der Waals surface area contributed by atoms with Gasteiger partial charge in [0.15, 0.2) is 5.82 Å². The number of halogens is 1. The molecule has 5 aromatic rings. The molecule has 11 nitrogen and oxygen atoms in total. The number of nitrogens with zero attached hydrogens (tertiary/aromatic N) is 6. The minimum absolute atomic E-state index is 0.0430. The molecule has 1 unspecified atom stereocenters. The lowest BCUT2D eigenvalue weighted by Gasteiger charge is -2.16. The molecule has 0 radical (unpaired) electrons. The van der Waals surface area contributed by atoms with E-state index in [9.17, 15) is 19.1 Å². The molecule has 0 saturated carbocycles. The normalized spacial score (nSPS) is 11.8. The van der Waals surface area contributed by atoms with Gasteiger partial charge in [-0.05, 0) is 52.6 Å². The Morgan fingerprint density at radius 2 is 1.86 bits per heavy atom. The average Bonchev–Trinajstić information content (AvgIpc) is 3.66. The van der Waals surface area contributed by atoms with E-state index in [1.165, 1.54) is 6.07 Å². The van der Waals surface area contributed by atoms with Crippen LogP contribution in [0.25, 0.3) is 22.6 Å². The van der Waals surface area contributed by atoms with Crippen LogP contribution in [0.4, 0.5) is 4.39 Å². The van der Waals surface area contributed by atoms with E-state index in [1.807, 2.05) is 43.3 Å². The van der Waals surface area contributed by atoms with Crippen molar-refractivity contribution in [3.63, 3.8) is 0 Å². The number of carboxylic acid groups (broad SMARTS) is 1. The number of tetrazole rings is 1. The van der Waals surface area contributed by atoms with Crippen molar-refractivity contribution < 1.29 is 19.1 Å². The number of carbonyl (C=O) groups excluding carboxylic acids is 1. The Bertz CT molecular complexity index is 1670. The number of carbonyl (C=O) groups is 2. The molecule has 12 heteroatoms. The number of aromatic amines is 1. The van der Waals surface area contributed by atoms with Gasteiger partial charge in [0.2, 0.25) is 0 Å². The number of pyridine rings is 1. The summed E-state index contributed by atoms with van der Waals surface area (Å²) in [6, 6.07) is 18.6. The molecule has 0 aliphatic heterocycles. The van der Waals surface area contributed by atoms with Crippen molar-refractivity contribution in [3.8, 4) is 22.6 Å². The molecular weight excluding hydrogens is 539 g/mol. The van der Waals surface area contributed by atoms with Crippen molar-refractivity contribution >= 4 is 11.9 Å². The summed E-state index contributed by atoms with van der Waals surface area (Å²) >= 11 is 0. The largest absolute Gasteiger partial charge is 0.481 e. The Hall–Kier alpha value is -5.26. The quantitative estimate of drug-likeness (QED) is 0.204. The molecule has 0 aliphatic rings. The van der Waals surface area contributed by atoms with Gasteiger partial charge in [0.1, 0.15) is 11.5 Å². The number of aromatic nitrogens is 7. The number of benzene rings is 2. The first-order valence-corrected chi connectivity index (χ1v) is 13.5. The Morgan fingerprint density at radius 1 is 1.07 bits per heavy atom. The van der Waals surface area contributed by atoms with Gasteiger partial charge in [-0.25, -0.2) is 9.49 Å². The van der Waals surface area contributed by atoms with Crippen LogP contribution >= 0.6 is 0 Å². The number of aliphatic carboxylic acids is 1. The molecule has 1 atom stereocenters. The molecule has 1 amide bonds. The number of aryl methyl sites for hydroxylation is 1. The van der Waals surface area contributed by atoms with E-state index >= 15 is 0 Å². The van der Waals surface area contributed by atoms with Crippen LogP contribution in [0.2, 0.25) is 0 Å². The van der Waals surface area contributed by atoms with E-state index in [0.717, 1.165) is 34.5 Å². The van der Waals surface area contributed by atoms with E-state index in [-0.39, 0.29) is 18.5 Å². The molecule has 42 heavy (non-hydrogen) atoms. The minimum atomic E-state index is -1.09. The lowest BCUT2D eigenvalue weighted by atomic mass is 10.0. The van der Waals surface area contributed by atoms with Gasteiger partial charge in [-0.15, -0.1) is 5.10 Å². The van der Waals surface area contributed by atoms with E-state index in [0.29, 0.717) is 24.4 Å². The third kappa shape index (κ3) is 6.72. The molecule has 2 aromatic carbocycles. The molecule has 0 bridgehead atoms. The molecular formula is C30H29FN8O3. The van der Waals surface area contributed by atoms with E-state index < -0.39 is 23.7 Å². The molecule has 0 spiro atoms. The van der Waals surface area contributed by atoms with Gasteiger partial charge < -0.3 is 10.4 Å². The second-order valence-corrected chi connectivity index (χ2v) is 9.84. The fourth-order valence-electron chi connectivity index (χ4n) is 4.77. The summed E-state index contributed by atoms with van der Waals surface area (Å²) in [5.74, 6) is -1.51. The fourth-order valence-corrected chi connectivity index (χ4v) is 4.77. The zero-order valence-electron chi connectivity index (χ0n) is 22.9. The summed E-state index contributed by atoms with van der Waals surface area (Å²) in [5, 5.41) is 30.8. The summed E-state index contributed by atoms with van der Waals surface area (Å²) in [4.78, 5) is 29.3. The highest BCUT2D eigenvalue weighted by atomic mass is 19.1. The summed E-state index contributed by atoms with van der Waals surface area (Å²) in [7, 11) is 0. The van der Waals surface area contributed by atoms with Crippen molar-refractivity contribution in [2.45, 2.75) is 45.2 Å². The van der Waals surface area contributed by atoms with Gasteiger partial charge in [0, 0.05) is 29.1 Å². The number of hydrogen-bond donors (Lipinski definition) is 3. The van der Waals surface area contributed by atoms with Gasteiger partial charge in [0.25, 0.3) is 5.91 Å². The zero-order chi connectivity index (χ0) is 29.5. The molecule has 3 heterocycles. The highest BCUT2D eigenvalue weighted by molar-refractivity contribution is 5.93. The van der Waals surface area contributed by atoms with Crippen molar-refractivity contribution in [2.24, 2.45) is 0 Å². The Morgan fingerprint density at radius 3 is 2.55 bits per heavy atom. The van der Waals surface area contributed by atoms with Gasteiger partial charge in [-0.1, -0.05) is 61.9 Å². The van der Waals surface area contributed by atoms with Gasteiger partial charge in [-0.3, -0.25) is 19.3 Å². The molecule has 214 valence electrons. The predicted molar refractivity (Wildman–Crippen MR) is 152 cm³/mol. The number of amides is 1. The number of rotatable bonds is 12. The van der Waals surface area contributed by atoms with Crippen LogP contribution in [-0.2, 0) is 24.2 Å². The Kier molecular flexibility index (Phi) is 8.71. The molecule has 0 saturated heterocycles. The van der Waals surface area contributed by atoms with Gasteiger partial charge >= 0.3 is 5.97 Å². The number of nitrogens with one attached hydrogen (secondary N) is 2. The fraction of sp³-hybridized carbons (Fsp3) is 0.233. The lowest BCUT2D eigenvalue weighted by molar-refractivity contribution is -0.137. The predicted octanol–water partition coefficient (Wildman–Crippen LogP) is 4.08. The van der Waals surface area contributed by atoms with Crippen molar-refractivity contribution in [1.29, 1.82) is 0 Å². The smallest absolute Gasteiger partial charge is 0.305 e. The molecule has 0 fully saturated rings. The maximum atomic E-state index is 14.2. The molecule has 5 rings (SSSR count). The van der Waals surface area contributed by atoms with Crippen LogP contribution in [0.15, 0.2) is 72.9 Å². The maximum Gasteiger partial charge on any atom is 0.305 e. The standard InChI is InChI=1S/C30H29FN8O3/c1-2-7-22-16-27(30(42)33-21(15-28(40)41)14-20-8-3-6-11-25(20)31)36-39(22)18-19-12-13-26(32-17-19)23-9-4-5-10-24(23)29-34-37-38-35-29/h3-6,8-13,16-17,21H,2,7,14-15,18H2,1H3,(H,33,42)(H,40,41)(H,34,35,37,38). The minimum Gasteiger partial charge on any atom is -0.481 e. The number of carboxylic acids is 1. The molecule has 3 aromatic heterocycles. The van der Waals surface area contributed by atoms with Crippen LogP contribution in [-0.4, -0.2) is 58.4 Å². The van der Waals surface area contributed by atoms with Crippen LogP contribution in [0.5, 0.6) is 0 Å². The van der Waals surface area contributed by atoms with Crippen LogP contribution in [0.1, 0.15) is 47.1 Å². The van der Waals surface area contributed by atoms with Gasteiger partial charge in [-0.2, -0.15) is 5.10 Å². The highest BCUT2D eigenvalue weighted by Crippen LogP contribution is 2.28. The van der Waals surface area contributed by atoms with Crippen molar-refractivity contribution in [3.05, 3.63) is 101 Å². The highest BCUT2D eigenvalue weighted by Gasteiger charge is 2.22. The summed E-state index contributed by atoms with van der Waals surface area (Å²) in [6.07, 6.45) is 2.99. The molecule has 3 N–H and O–H groups in total. The Labute approximate surface area is 240 Å². The van der Waals surface area contributed by atoms with E-state index in [1.54, 1.807) is 35.1 Å². The average molecular weight is 569 g/mol. The first-order valence-electron chi connectivity index (χ1n) is 13.5. The van der Waals surface area contributed by atoms with Gasteiger partial charge in [0.05, 0.1) is 18.7 Å². The zero-order valence-corrected chi connectivity index (χ0v) is 22.9. The number of hydrogen-bond acceptors (Lipinski definition) is 7. The van der Waals surface area contributed by atoms with Crippen LogP contribution in [0, 0.1) is 5.82 Å². The van der Waals surface area contributed by atoms with Crippen LogP contribution < -0.4 is 5.32 Å². The summed E-state index contributed by atoms with van der Waals surface area (Å²) in [5.41, 5.74) is 4.69. The molecule has 0 aliphatic carbocycles. The Balaban J connectivity index is 1.33. The second-order valence-electron chi connectivity index (χ2n) is 9.84. The third-order valence-electron chi connectivity index (χ3n) is 6.74. The first-order chi connectivity index (χ1) is 20.4. The summed E-state index contributed by atoms with van der Waals surface area (Å²) in [6.45, 7) is 2.42. The maximum absolute atomic E-state index is 14.2. The first kappa shape index (κ1) is 28.3.